The molecule has 9 heteroatoms. The molecule has 0 unspecified atom stereocenters. The predicted octanol–water partition coefficient (Wildman–Crippen LogP) is 3.69. The number of fused-ring (bicyclic) bond motifs is 1. The van der Waals surface area contributed by atoms with Gasteiger partial charge in [0.1, 0.15) is 0 Å². The van der Waals surface area contributed by atoms with Gasteiger partial charge in [-0.1, -0.05) is 26.0 Å². The van der Waals surface area contributed by atoms with Crippen molar-refractivity contribution in [3.8, 4) is 0 Å². The number of nitrogens with two attached hydrogens (primary N) is 1. The van der Waals surface area contributed by atoms with Crippen molar-refractivity contribution >= 4 is 27.5 Å². The fourth-order valence-corrected chi connectivity index (χ4v) is 6.03. The van der Waals surface area contributed by atoms with Crippen molar-refractivity contribution in [2.45, 2.75) is 50.6 Å². The molecule has 166 valence electrons. The lowest BCUT2D eigenvalue weighted by Gasteiger charge is -2.46. The molecule has 1 fully saturated rings. The molecule has 1 aliphatic rings. The van der Waals surface area contributed by atoms with E-state index < -0.39 is 22.6 Å². The maximum Gasteiger partial charge on any atom is 0.239 e. The van der Waals surface area contributed by atoms with Crippen molar-refractivity contribution in [3.63, 3.8) is 0 Å². The van der Waals surface area contributed by atoms with Crippen LogP contribution in [-0.4, -0.2) is 60.9 Å². The summed E-state index contributed by atoms with van der Waals surface area (Å²) in [5.74, 6) is -0.397. The average Bonchev–Trinajstić information content (AvgIpc) is 2.88. The second kappa shape index (κ2) is 9.15. The zero-order valence-electron chi connectivity index (χ0n) is 17.7. The Balaban J connectivity index is 1.87. The van der Waals surface area contributed by atoms with Crippen LogP contribution >= 0.6 is 10.8 Å². The highest BCUT2D eigenvalue weighted by atomic mass is 32.3. The average molecular weight is 439 g/mol. The highest BCUT2D eigenvalue weighted by Crippen LogP contribution is 2.55. The van der Waals surface area contributed by atoms with Crippen LogP contribution in [0.2, 0.25) is 0 Å². The SMILES string of the molecule is CC(C)C[C@@H](N)C(=O)N1CCCN(S(O)(O)c2cccc3cncc(F)c23)[C@@H](C)C1. The number of carbonyl (C=O) groups is 1. The molecule has 0 aliphatic carbocycles. The van der Waals surface area contributed by atoms with Crippen molar-refractivity contribution in [3.05, 3.63) is 36.4 Å². The van der Waals surface area contributed by atoms with E-state index in [1.165, 1.54) is 6.20 Å². The summed E-state index contributed by atoms with van der Waals surface area (Å²) in [6, 6.07) is 3.99. The van der Waals surface area contributed by atoms with E-state index in [0.29, 0.717) is 43.8 Å². The quantitative estimate of drug-likeness (QED) is 0.658. The number of hydrogen-bond donors (Lipinski definition) is 3. The molecule has 0 spiro atoms. The van der Waals surface area contributed by atoms with Crippen molar-refractivity contribution in [2.75, 3.05) is 19.6 Å². The van der Waals surface area contributed by atoms with Gasteiger partial charge in [-0.25, -0.2) is 4.39 Å². The molecule has 1 aliphatic heterocycles. The maximum absolute atomic E-state index is 14.5. The summed E-state index contributed by atoms with van der Waals surface area (Å²) >= 11 is 0. The summed E-state index contributed by atoms with van der Waals surface area (Å²) in [4.78, 5) is 18.5. The number of halogens is 1. The highest BCUT2D eigenvalue weighted by Gasteiger charge is 2.35. The summed E-state index contributed by atoms with van der Waals surface area (Å²) in [5.41, 5.74) is 6.09. The largest absolute Gasteiger partial charge is 0.340 e. The van der Waals surface area contributed by atoms with E-state index in [1.807, 2.05) is 20.8 Å². The lowest BCUT2D eigenvalue weighted by Crippen LogP contribution is -2.48. The second-order valence-electron chi connectivity index (χ2n) is 8.36. The van der Waals surface area contributed by atoms with Gasteiger partial charge in [-0.2, -0.15) is 4.31 Å². The van der Waals surface area contributed by atoms with Crippen LogP contribution in [0.4, 0.5) is 4.39 Å². The first-order chi connectivity index (χ1) is 14.1. The summed E-state index contributed by atoms with van der Waals surface area (Å²) in [6.45, 7) is 7.08. The third-order valence-electron chi connectivity index (χ3n) is 5.46. The summed E-state index contributed by atoms with van der Waals surface area (Å²) < 4.78 is 38.6. The maximum atomic E-state index is 14.5. The fourth-order valence-electron chi connectivity index (χ4n) is 4.07. The van der Waals surface area contributed by atoms with Crippen molar-refractivity contribution in [2.24, 2.45) is 11.7 Å². The lowest BCUT2D eigenvalue weighted by molar-refractivity contribution is -0.133. The number of carbonyl (C=O) groups excluding carboxylic acids is 1. The molecule has 2 heterocycles. The lowest BCUT2D eigenvalue weighted by atomic mass is 10.0. The van der Waals surface area contributed by atoms with E-state index in [4.69, 9.17) is 5.73 Å². The van der Waals surface area contributed by atoms with E-state index in [9.17, 15) is 18.3 Å². The number of benzene rings is 1. The highest BCUT2D eigenvalue weighted by molar-refractivity contribution is 8.22. The smallest absolute Gasteiger partial charge is 0.239 e. The zero-order chi connectivity index (χ0) is 22.1. The summed E-state index contributed by atoms with van der Waals surface area (Å²) in [5, 5.41) is 0.669. The van der Waals surface area contributed by atoms with E-state index in [0.717, 1.165) is 6.20 Å². The van der Waals surface area contributed by atoms with Crippen molar-refractivity contribution < 1.29 is 18.3 Å². The molecule has 2 aromatic rings. The number of pyridine rings is 1. The van der Waals surface area contributed by atoms with E-state index >= 15 is 0 Å². The monoisotopic (exact) mass is 438 g/mol. The van der Waals surface area contributed by atoms with Gasteiger partial charge in [-0.3, -0.25) is 18.9 Å². The molecular weight excluding hydrogens is 407 g/mol. The Morgan fingerprint density at radius 1 is 1.33 bits per heavy atom. The van der Waals surface area contributed by atoms with Crippen LogP contribution in [-0.2, 0) is 4.79 Å². The Bertz CT molecular complexity index is 906. The van der Waals surface area contributed by atoms with Crippen LogP contribution in [0.5, 0.6) is 0 Å². The molecule has 0 saturated carbocycles. The van der Waals surface area contributed by atoms with Crippen molar-refractivity contribution in [1.29, 1.82) is 0 Å². The molecular formula is C21H31FN4O3S. The van der Waals surface area contributed by atoms with Gasteiger partial charge in [-0.15, -0.1) is 10.8 Å². The molecule has 2 atom stereocenters. The number of amides is 1. The van der Waals surface area contributed by atoms with Gasteiger partial charge >= 0.3 is 0 Å². The molecule has 1 aromatic carbocycles. The Hall–Kier alpha value is -1.78. The summed E-state index contributed by atoms with van der Waals surface area (Å²) in [7, 11) is -3.48. The molecule has 30 heavy (non-hydrogen) atoms. The first-order valence-electron chi connectivity index (χ1n) is 10.2. The first-order valence-corrected chi connectivity index (χ1v) is 11.7. The van der Waals surface area contributed by atoms with E-state index in [1.54, 1.807) is 27.4 Å². The topological polar surface area (TPSA) is 103 Å². The fraction of sp³-hybridized carbons (Fsp3) is 0.524. The molecule has 7 nitrogen and oxygen atoms in total. The summed E-state index contributed by atoms with van der Waals surface area (Å²) in [6.07, 6.45) is 3.74. The molecule has 1 saturated heterocycles. The predicted molar refractivity (Wildman–Crippen MR) is 118 cm³/mol. The Labute approximate surface area is 178 Å². The minimum absolute atomic E-state index is 0.115. The molecule has 1 amide bonds. The van der Waals surface area contributed by atoms with Crippen LogP contribution < -0.4 is 5.73 Å². The number of aromatic nitrogens is 1. The first kappa shape index (κ1) is 22.9. The molecule has 1 aromatic heterocycles. The minimum Gasteiger partial charge on any atom is -0.340 e. The molecule has 4 N–H and O–H groups in total. The van der Waals surface area contributed by atoms with Gasteiger partial charge in [0.15, 0.2) is 5.82 Å². The van der Waals surface area contributed by atoms with Gasteiger partial charge in [0, 0.05) is 42.6 Å². The third-order valence-corrected chi connectivity index (χ3v) is 7.58. The van der Waals surface area contributed by atoms with Crippen LogP contribution in [0.1, 0.15) is 33.6 Å². The van der Waals surface area contributed by atoms with Gasteiger partial charge in [0.05, 0.1) is 17.1 Å². The number of rotatable bonds is 5. The standard InChI is InChI=1S/C21H31FN4O3S/c1-14(2)10-18(23)21(27)25-8-5-9-26(15(3)13-25)30(28,29)19-7-4-6-16-11-24-12-17(22)20(16)19/h4,6-7,11-12,14-15,18,28-29H,5,8-10,13,23H2,1-3H3/t15-,18+/m0/s1. The van der Waals surface area contributed by atoms with Gasteiger partial charge < -0.3 is 10.6 Å². The molecule has 0 bridgehead atoms. The minimum atomic E-state index is -3.48. The van der Waals surface area contributed by atoms with Crippen LogP contribution in [0.25, 0.3) is 10.8 Å². The Morgan fingerprint density at radius 2 is 2.07 bits per heavy atom. The number of hydrogen-bond acceptors (Lipinski definition) is 6. The van der Waals surface area contributed by atoms with Crippen LogP contribution in [0.15, 0.2) is 35.5 Å². The van der Waals surface area contributed by atoms with Gasteiger partial charge in [0.2, 0.25) is 5.91 Å². The normalized spacial score (nSPS) is 20.4. The van der Waals surface area contributed by atoms with Crippen LogP contribution in [0.3, 0.4) is 0 Å². The second-order valence-corrected chi connectivity index (χ2v) is 10.3. The van der Waals surface area contributed by atoms with Crippen molar-refractivity contribution in [1.82, 2.24) is 14.2 Å². The zero-order valence-corrected chi connectivity index (χ0v) is 18.5. The van der Waals surface area contributed by atoms with Crippen LogP contribution in [0, 0.1) is 11.7 Å². The van der Waals surface area contributed by atoms with E-state index in [2.05, 4.69) is 4.98 Å². The Morgan fingerprint density at radius 3 is 2.77 bits per heavy atom. The van der Waals surface area contributed by atoms with Gasteiger partial charge in [0.25, 0.3) is 0 Å². The third kappa shape index (κ3) is 4.60. The van der Waals surface area contributed by atoms with Gasteiger partial charge in [-0.05, 0) is 31.7 Å². The molecule has 0 radical (unpaired) electrons. The molecule has 3 rings (SSSR count). The van der Waals surface area contributed by atoms with E-state index in [-0.39, 0.29) is 22.2 Å². The Kier molecular flexibility index (Phi) is 6.98. The number of nitrogens with zero attached hydrogens (tertiary/aromatic N) is 3.